The van der Waals surface area contributed by atoms with Crippen molar-refractivity contribution in [2.75, 3.05) is 18.0 Å². The molecule has 0 spiro atoms. The molecule has 0 heterocycles. The smallest absolute Gasteiger partial charge is 0.147 e. The molecule has 0 aliphatic heterocycles. The van der Waals surface area contributed by atoms with Gasteiger partial charge < -0.3 is 4.90 Å². The van der Waals surface area contributed by atoms with Gasteiger partial charge in [-0.15, -0.1) is 5.54 Å². The first-order chi connectivity index (χ1) is 13.8. The molecular formula is C27H43NSi. The number of hydrogen-bond donors (Lipinski definition) is 0. The van der Waals surface area contributed by atoms with Crippen LogP contribution in [0.4, 0.5) is 5.69 Å². The van der Waals surface area contributed by atoms with Crippen LogP contribution in [-0.2, 0) is 0 Å². The molecule has 1 aromatic rings. The maximum absolute atomic E-state index is 3.72. The molecule has 0 aliphatic rings. The molecule has 29 heavy (non-hydrogen) atoms. The molecule has 0 unspecified atom stereocenters. The molecule has 0 aliphatic carbocycles. The van der Waals surface area contributed by atoms with Gasteiger partial charge in [-0.1, -0.05) is 86.3 Å². The molecule has 1 nitrogen and oxygen atoms in total. The Morgan fingerprint density at radius 1 is 0.793 bits per heavy atom. The van der Waals surface area contributed by atoms with Crippen molar-refractivity contribution in [3.8, 4) is 23.3 Å². The van der Waals surface area contributed by atoms with Gasteiger partial charge in [-0.05, 0) is 53.4 Å². The van der Waals surface area contributed by atoms with Crippen LogP contribution in [0.1, 0.15) is 86.6 Å². The van der Waals surface area contributed by atoms with E-state index in [4.69, 9.17) is 0 Å². The second kappa shape index (κ2) is 12.8. The minimum Gasteiger partial charge on any atom is -0.371 e. The normalized spacial score (nSPS) is 11.3. The van der Waals surface area contributed by atoms with Crippen LogP contribution in [0.2, 0.25) is 16.6 Å². The van der Waals surface area contributed by atoms with Gasteiger partial charge in [0.15, 0.2) is 0 Å². The predicted octanol–water partition coefficient (Wildman–Crippen LogP) is 7.67. The van der Waals surface area contributed by atoms with Crippen LogP contribution in [-0.4, -0.2) is 21.2 Å². The summed E-state index contributed by atoms with van der Waals surface area (Å²) in [5.41, 5.74) is 8.02. The van der Waals surface area contributed by atoms with Gasteiger partial charge in [0.2, 0.25) is 0 Å². The van der Waals surface area contributed by atoms with Crippen molar-refractivity contribution < 1.29 is 0 Å². The van der Waals surface area contributed by atoms with E-state index in [1.165, 1.54) is 31.4 Å². The van der Waals surface area contributed by atoms with Crippen LogP contribution in [0.5, 0.6) is 0 Å². The molecule has 1 aromatic carbocycles. The number of para-hydroxylation sites is 1. The highest BCUT2D eigenvalue weighted by molar-refractivity contribution is 6.90. The maximum Gasteiger partial charge on any atom is 0.147 e. The third-order valence-corrected chi connectivity index (χ3v) is 12.5. The van der Waals surface area contributed by atoms with E-state index < -0.39 is 8.07 Å². The van der Waals surface area contributed by atoms with Crippen molar-refractivity contribution in [3.63, 3.8) is 0 Å². The van der Waals surface area contributed by atoms with Gasteiger partial charge in [-0.3, -0.25) is 0 Å². The Morgan fingerprint density at radius 3 is 1.79 bits per heavy atom. The highest BCUT2D eigenvalue weighted by Crippen LogP contribution is 2.40. The highest BCUT2D eigenvalue weighted by Gasteiger charge is 2.41. The van der Waals surface area contributed by atoms with E-state index in [9.17, 15) is 0 Å². The molecule has 0 bridgehead atoms. The third-order valence-electron chi connectivity index (χ3n) is 6.21. The molecule has 1 rings (SSSR count). The molecule has 0 saturated carbocycles. The largest absolute Gasteiger partial charge is 0.371 e. The van der Waals surface area contributed by atoms with Gasteiger partial charge in [0.1, 0.15) is 8.07 Å². The molecule has 0 aromatic heterocycles. The van der Waals surface area contributed by atoms with E-state index in [0.29, 0.717) is 16.6 Å². The van der Waals surface area contributed by atoms with Crippen LogP contribution in [0, 0.1) is 23.3 Å². The molecule has 0 N–H and O–H groups in total. The molecule has 0 fully saturated rings. The summed E-state index contributed by atoms with van der Waals surface area (Å²) in [6.07, 6.45) is 4.87. The van der Waals surface area contributed by atoms with Crippen LogP contribution < -0.4 is 4.90 Å². The molecule has 0 saturated heterocycles. The SMILES string of the molecule is CCCCN(CCCC)c1ccccc1C#CC#C[Si](C(C)C)(C(C)C)C(C)C. The number of benzene rings is 1. The molecule has 160 valence electrons. The summed E-state index contributed by atoms with van der Waals surface area (Å²) in [6, 6.07) is 8.59. The van der Waals surface area contributed by atoms with E-state index in [2.05, 4.69) is 108 Å². The molecule has 2 heteroatoms. The highest BCUT2D eigenvalue weighted by atomic mass is 28.3. The summed E-state index contributed by atoms with van der Waals surface area (Å²) < 4.78 is 0. The lowest BCUT2D eigenvalue weighted by Gasteiger charge is -2.37. The average molecular weight is 410 g/mol. The minimum absolute atomic E-state index is 0.641. The molecule has 0 atom stereocenters. The fourth-order valence-electron chi connectivity index (χ4n) is 4.58. The van der Waals surface area contributed by atoms with Gasteiger partial charge in [-0.25, -0.2) is 0 Å². The molecule has 0 amide bonds. The first-order valence-corrected chi connectivity index (χ1v) is 13.9. The Morgan fingerprint density at radius 2 is 1.31 bits per heavy atom. The van der Waals surface area contributed by atoms with Gasteiger partial charge in [0.05, 0.1) is 5.69 Å². The third kappa shape index (κ3) is 6.97. The Hall–Kier alpha value is -1.64. The van der Waals surface area contributed by atoms with E-state index in [1.54, 1.807) is 0 Å². The average Bonchev–Trinajstić information content (AvgIpc) is 2.68. The lowest BCUT2D eigenvalue weighted by molar-refractivity contribution is 0.677. The first kappa shape index (κ1) is 25.4. The topological polar surface area (TPSA) is 3.24 Å². The summed E-state index contributed by atoms with van der Waals surface area (Å²) in [7, 11) is -1.71. The first-order valence-electron chi connectivity index (χ1n) is 11.7. The zero-order chi connectivity index (χ0) is 21.9. The van der Waals surface area contributed by atoms with Gasteiger partial charge in [0.25, 0.3) is 0 Å². The number of hydrogen-bond acceptors (Lipinski definition) is 1. The second-order valence-corrected chi connectivity index (χ2v) is 14.7. The fraction of sp³-hybridized carbons (Fsp3) is 0.630. The van der Waals surface area contributed by atoms with Crippen molar-refractivity contribution in [2.45, 2.75) is 97.7 Å². The molecular weight excluding hydrogens is 366 g/mol. The maximum atomic E-state index is 3.72. The lowest BCUT2D eigenvalue weighted by Crippen LogP contribution is -2.43. The lowest BCUT2D eigenvalue weighted by atomic mass is 10.1. The van der Waals surface area contributed by atoms with Crippen molar-refractivity contribution in [1.82, 2.24) is 0 Å². The van der Waals surface area contributed by atoms with Crippen molar-refractivity contribution in [3.05, 3.63) is 29.8 Å². The second-order valence-electron chi connectivity index (χ2n) is 9.11. The molecule has 0 radical (unpaired) electrons. The van der Waals surface area contributed by atoms with Gasteiger partial charge in [-0.2, -0.15) is 0 Å². The summed E-state index contributed by atoms with van der Waals surface area (Å²) in [4.78, 5) is 2.51. The standard InChI is InChI=1S/C27H43NSi/c1-9-11-20-28(21-12-10-2)27-19-14-13-17-26(27)18-15-16-22-29(23(3)4,24(5)6)25(7)8/h13-14,17,19,23-25H,9-12,20-21H2,1-8H3. The zero-order valence-corrected chi connectivity index (χ0v) is 21.2. The van der Waals surface area contributed by atoms with E-state index in [-0.39, 0.29) is 0 Å². The Balaban J connectivity index is 3.22. The van der Waals surface area contributed by atoms with E-state index in [1.807, 2.05) is 0 Å². The van der Waals surface area contributed by atoms with Crippen molar-refractivity contribution >= 4 is 13.8 Å². The Kier molecular flexibility index (Phi) is 11.2. The van der Waals surface area contributed by atoms with E-state index in [0.717, 1.165) is 18.7 Å². The number of nitrogens with zero attached hydrogens (tertiary/aromatic N) is 1. The van der Waals surface area contributed by atoms with Crippen molar-refractivity contribution in [1.29, 1.82) is 0 Å². The number of unbranched alkanes of at least 4 members (excludes halogenated alkanes) is 2. The van der Waals surface area contributed by atoms with Crippen molar-refractivity contribution in [2.24, 2.45) is 0 Å². The summed E-state index contributed by atoms with van der Waals surface area (Å²) in [6.45, 7) is 20.8. The van der Waals surface area contributed by atoms with Crippen LogP contribution in [0.25, 0.3) is 0 Å². The van der Waals surface area contributed by atoms with Crippen LogP contribution >= 0.6 is 0 Å². The van der Waals surface area contributed by atoms with E-state index >= 15 is 0 Å². The summed E-state index contributed by atoms with van der Waals surface area (Å²) in [5, 5.41) is 0. The number of anilines is 1. The Labute approximate surface area is 182 Å². The quantitative estimate of drug-likeness (QED) is 0.283. The fourth-order valence-corrected chi connectivity index (χ4v) is 9.72. The van der Waals surface area contributed by atoms with Crippen LogP contribution in [0.15, 0.2) is 24.3 Å². The zero-order valence-electron chi connectivity index (χ0n) is 20.2. The predicted molar refractivity (Wildman–Crippen MR) is 134 cm³/mol. The van der Waals surface area contributed by atoms with Gasteiger partial charge >= 0.3 is 0 Å². The number of rotatable bonds is 10. The Bertz CT molecular complexity index is 694. The summed E-state index contributed by atoms with van der Waals surface area (Å²) >= 11 is 0. The summed E-state index contributed by atoms with van der Waals surface area (Å²) in [5.74, 6) is 9.92. The van der Waals surface area contributed by atoms with Gasteiger partial charge in [0, 0.05) is 18.7 Å². The van der Waals surface area contributed by atoms with Crippen LogP contribution in [0.3, 0.4) is 0 Å². The monoisotopic (exact) mass is 409 g/mol. The minimum atomic E-state index is -1.71.